The van der Waals surface area contributed by atoms with E-state index >= 15 is 0 Å². The number of ketones is 1. The largest absolute Gasteiger partial charge is 0.300 e. The van der Waals surface area contributed by atoms with E-state index in [0.717, 1.165) is 19.3 Å². The van der Waals surface area contributed by atoms with Gasteiger partial charge in [0, 0.05) is 6.42 Å². The highest BCUT2D eigenvalue weighted by Gasteiger charge is 1.92. The molecule has 17 heavy (non-hydrogen) atoms. The summed E-state index contributed by atoms with van der Waals surface area (Å²) in [6.07, 6.45) is 5.39. The molecule has 1 aromatic rings. The Kier molecular flexibility index (Phi) is 9.41. The molecule has 1 nitrogen and oxygen atoms in total. The predicted octanol–water partition coefficient (Wildman–Crippen LogP) is 4.71. The quantitative estimate of drug-likeness (QED) is 0.721. The van der Waals surface area contributed by atoms with Gasteiger partial charge in [-0.05, 0) is 37.8 Å². The van der Waals surface area contributed by atoms with Crippen LogP contribution in [0.15, 0.2) is 24.3 Å². The maximum Gasteiger partial charge on any atom is 0.129 e. The summed E-state index contributed by atoms with van der Waals surface area (Å²) in [6.45, 7) is 8.11. The van der Waals surface area contributed by atoms with Crippen LogP contribution >= 0.6 is 0 Å². The summed E-state index contributed by atoms with van der Waals surface area (Å²) in [7, 11) is 0. The second-order valence-electron chi connectivity index (χ2n) is 4.48. The lowest BCUT2D eigenvalue weighted by atomic mass is 10.1. The highest BCUT2D eigenvalue weighted by Crippen LogP contribution is 2.08. The highest BCUT2D eigenvalue weighted by molar-refractivity contribution is 5.75. The molecule has 0 spiro atoms. The molecule has 0 heterocycles. The van der Waals surface area contributed by atoms with E-state index in [0.29, 0.717) is 5.78 Å². The molecule has 0 saturated carbocycles. The predicted molar refractivity (Wildman–Crippen MR) is 75.4 cm³/mol. The molecule has 0 atom stereocenters. The smallest absolute Gasteiger partial charge is 0.129 e. The number of hydrogen-bond donors (Lipinski definition) is 0. The monoisotopic (exact) mass is 234 g/mol. The number of Topliss-reactive ketones (excluding diaryl/α,β-unsaturated/α-hetero) is 1. The first-order chi connectivity index (χ1) is 8.11. The molecular formula is C16H26O. The first-order valence-corrected chi connectivity index (χ1v) is 6.65. The van der Waals surface area contributed by atoms with Crippen molar-refractivity contribution in [3.63, 3.8) is 0 Å². The van der Waals surface area contributed by atoms with Crippen LogP contribution in [0.2, 0.25) is 0 Å². The summed E-state index contributed by atoms with van der Waals surface area (Å²) in [4.78, 5) is 10.2. The molecule has 0 saturated heterocycles. The van der Waals surface area contributed by atoms with Crippen LogP contribution in [0.1, 0.15) is 57.6 Å². The van der Waals surface area contributed by atoms with E-state index in [9.17, 15) is 4.79 Å². The second-order valence-corrected chi connectivity index (χ2v) is 4.48. The molecule has 0 radical (unpaired) electrons. The Labute approximate surface area is 106 Å². The van der Waals surface area contributed by atoms with Crippen LogP contribution in [0, 0.1) is 6.92 Å². The van der Waals surface area contributed by atoms with Crippen LogP contribution in [0.5, 0.6) is 0 Å². The second kappa shape index (κ2) is 10.1. The molecule has 0 aliphatic heterocycles. The summed E-state index contributed by atoms with van der Waals surface area (Å²) < 4.78 is 0. The van der Waals surface area contributed by atoms with E-state index in [1.807, 2.05) is 0 Å². The molecule has 0 aromatic heterocycles. The van der Waals surface area contributed by atoms with Crippen molar-refractivity contribution < 1.29 is 4.79 Å². The number of unbranched alkanes of at least 4 members (excludes halogenated alkanes) is 1. The Morgan fingerprint density at radius 2 is 1.76 bits per heavy atom. The number of hydrogen-bond acceptors (Lipinski definition) is 1. The van der Waals surface area contributed by atoms with Gasteiger partial charge in [0.15, 0.2) is 0 Å². The first kappa shape index (κ1) is 15.9. The van der Waals surface area contributed by atoms with Gasteiger partial charge in [-0.15, -0.1) is 0 Å². The SMILES string of the molecule is CCCCC(C)=O.CCCc1ccccc1C. The molecule has 0 aliphatic rings. The van der Waals surface area contributed by atoms with Gasteiger partial charge in [0.1, 0.15) is 5.78 Å². The average Bonchev–Trinajstić information content (AvgIpc) is 2.30. The molecular weight excluding hydrogens is 208 g/mol. The van der Waals surface area contributed by atoms with E-state index in [-0.39, 0.29) is 0 Å². The molecule has 96 valence electrons. The third kappa shape index (κ3) is 8.67. The summed E-state index contributed by atoms with van der Waals surface area (Å²) in [5, 5.41) is 0. The normalized spacial score (nSPS) is 9.41. The molecule has 0 N–H and O–H groups in total. The van der Waals surface area contributed by atoms with Gasteiger partial charge in [0.25, 0.3) is 0 Å². The van der Waals surface area contributed by atoms with Crippen molar-refractivity contribution in [1.29, 1.82) is 0 Å². The van der Waals surface area contributed by atoms with Crippen molar-refractivity contribution >= 4 is 5.78 Å². The number of aryl methyl sites for hydroxylation is 2. The Hall–Kier alpha value is -1.11. The van der Waals surface area contributed by atoms with Crippen molar-refractivity contribution in [3.05, 3.63) is 35.4 Å². The molecule has 0 aliphatic carbocycles. The summed E-state index contributed by atoms with van der Waals surface area (Å²) in [5.74, 6) is 0.307. The minimum atomic E-state index is 0.307. The summed E-state index contributed by atoms with van der Waals surface area (Å²) in [5.41, 5.74) is 2.91. The van der Waals surface area contributed by atoms with Crippen LogP contribution in [-0.4, -0.2) is 5.78 Å². The maximum atomic E-state index is 10.2. The van der Waals surface area contributed by atoms with Gasteiger partial charge in [0.2, 0.25) is 0 Å². The zero-order valence-corrected chi connectivity index (χ0v) is 11.8. The van der Waals surface area contributed by atoms with Crippen molar-refractivity contribution in [2.45, 2.75) is 59.8 Å². The minimum absolute atomic E-state index is 0.307. The van der Waals surface area contributed by atoms with Crippen molar-refractivity contribution in [1.82, 2.24) is 0 Å². The van der Waals surface area contributed by atoms with Gasteiger partial charge >= 0.3 is 0 Å². The number of rotatable bonds is 5. The Bertz CT molecular complexity index is 315. The van der Waals surface area contributed by atoms with E-state index in [2.05, 4.69) is 45.0 Å². The molecule has 0 unspecified atom stereocenters. The van der Waals surface area contributed by atoms with E-state index in [1.54, 1.807) is 6.92 Å². The summed E-state index contributed by atoms with van der Waals surface area (Å²) in [6, 6.07) is 8.58. The number of benzene rings is 1. The number of carbonyl (C=O) groups is 1. The lowest BCUT2D eigenvalue weighted by Gasteiger charge is -2.01. The van der Waals surface area contributed by atoms with Crippen LogP contribution in [0.3, 0.4) is 0 Å². The van der Waals surface area contributed by atoms with E-state index in [1.165, 1.54) is 24.0 Å². The van der Waals surface area contributed by atoms with Gasteiger partial charge in [0.05, 0.1) is 0 Å². The molecule has 1 rings (SSSR count). The van der Waals surface area contributed by atoms with Gasteiger partial charge in [-0.25, -0.2) is 0 Å². The first-order valence-electron chi connectivity index (χ1n) is 6.65. The fourth-order valence-corrected chi connectivity index (χ4v) is 1.59. The zero-order chi connectivity index (χ0) is 13.1. The van der Waals surface area contributed by atoms with Gasteiger partial charge in [-0.2, -0.15) is 0 Å². The van der Waals surface area contributed by atoms with Crippen molar-refractivity contribution in [2.75, 3.05) is 0 Å². The van der Waals surface area contributed by atoms with E-state index < -0.39 is 0 Å². The molecule has 1 aromatic carbocycles. The Balaban J connectivity index is 0.000000325. The maximum absolute atomic E-state index is 10.2. The summed E-state index contributed by atoms with van der Waals surface area (Å²) >= 11 is 0. The van der Waals surface area contributed by atoms with Gasteiger partial charge < -0.3 is 4.79 Å². The Morgan fingerprint density at radius 3 is 2.18 bits per heavy atom. The van der Waals surface area contributed by atoms with Crippen LogP contribution < -0.4 is 0 Å². The number of carbonyl (C=O) groups excluding carboxylic acids is 1. The third-order valence-corrected chi connectivity index (χ3v) is 2.66. The Morgan fingerprint density at radius 1 is 1.12 bits per heavy atom. The van der Waals surface area contributed by atoms with Gasteiger partial charge in [-0.1, -0.05) is 51.0 Å². The molecule has 1 heteroatoms. The van der Waals surface area contributed by atoms with Crippen LogP contribution in [0.25, 0.3) is 0 Å². The topological polar surface area (TPSA) is 17.1 Å². The standard InChI is InChI=1S/C10H14.C6H12O/c1-3-6-10-8-5-4-7-9(10)2;1-3-4-5-6(2)7/h4-5,7-8H,3,6H2,1-2H3;3-5H2,1-2H3. The molecule has 0 bridgehead atoms. The average molecular weight is 234 g/mol. The molecule has 0 fully saturated rings. The fraction of sp³-hybridized carbons (Fsp3) is 0.562. The lowest BCUT2D eigenvalue weighted by molar-refractivity contribution is -0.117. The van der Waals surface area contributed by atoms with E-state index in [4.69, 9.17) is 0 Å². The molecule has 0 amide bonds. The third-order valence-electron chi connectivity index (χ3n) is 2.66. The lowest BCUT2D eigenvalue weighted by Crippen LogP contribution is -1.86. The van der Waals surface area contributed by atoms with Crippen molar-refractivity contribution in [3.8, 4) is 0 Å². The van der Waals surface area contributed by atoms with Crippen molar-refractivity contribution in [2.24, 2.45) is 0 Å². The van der Waals surface area contributed by atoms with Crippen LogP contribution in [-0.2, 0) is 11.2 Å². The fourth-order valence-electron chi connectivity index (χ4n) is 1.59. The highest BCUT2D eigenvalue weighted by atomic mass is 16.1. The van der Waals surface area contributed by atoms with Crippen LogP contribution in [0.4, 0.5) is 0 Å². The minimum Gasteiger partial charge on any atom is -0.300 e. The van der Waals surface area contributed by atoms with Gasteiger partial charge in [-0.3, -0.25) is 0 Å². The zero-order valence-electron chi connectivity index (χ0n) is 11.8.